The number of rotatable bonds is 6. The van der Waals surface area contributed by atoms with Gasteiger partial charge in [0.1, 0.15) is 16.8 Å². The number of carbonyl (C=O) groups is 4. The Balaban J connectivity index is 2.42. The first-order chi connectivity index (χ1) is 18.0. The van der Waals surface area contributed by atoms with Crippen LogP contribution in [0, 0.1) is 0 Å². The lowest BCUT2D eigenvalue weighted by atomic mass is 9.98. The maximum absolute atomic E-state index is 13.5. The summed E-state index contributed by atoms with van der Waals surface area (Å²) in [4.78, 5) is 51.4. The first-order valence-electron chi connectivity index (χ1n) is 10.9. The van der Waals surface area contributed by atoms with Crippen LogP contribution in [-0.4, -0.2) is 48.4 Å². The average molecular weight is 559 g/mol. The van der Waals surface area contributed by atoms with Crippen LogP contribution in [0.5, 0.6) is 0 Å². The fourth-order valence-corrected chi connectivity index (χ4v) is 3.72. The first kappa shape index (κ1) is 29.2. The van der Waals surface area contributed by atoms with Gasteiger partial charge in [0.05, 0.1) is 42.5 Å². The summed E-state index contributed by atoms with van der Waals surface area (Å²) < 4.78 is 95.8. The predicted molar refractivity (Wildman–Crippen MR) is 121 cm³/mol. The Morgan fingerprint density at radius 1 is 0.744 bits per heavy atom. The molecule has 0 atom stereocenters. The van der Waals surface area contributed by atoms with E-state index in [4.69, 9.17) is 4.74 Å². The number of carbonyl (C=O) groups excluding carboxylic acids is 4. The molecule has 0 amide bonds. The maximum atomic E-state index is 13.5. The molecule has 0 aliphatic rings. The van der Waals surface area contributed by atoms with Gasteiger partial charge < -0.3 is 18.6 Å². The van der Waals surface area contributed by atoms with E-state index in [2.05, 4.69) is 9.47 Å². The van der Waals surface area contributed by atoms with Crippen molar-refractivity contribution in [3.63, 3.8) is 0 Å². The normalized spacial score (nSPS) is 12.0. The molecule has 0 saturated carbocycles. The zero-order valence-corrected chi connectivity index (χ0v) is 20.6. The Morgan fingerprint density at radius 2 is 1.26 bits per heavy atom. The first-order valence-corrected chi connectivity index (χ1v) is 10.9. The van der Waals surface area contributed by atoms with E-state index in [1.807, 2.05) is 0 Å². The van der Waals surface area contributed by atoms with E-state index < -0.39 is 75.7 Å². The highest BCUT2D eigenvalue weighted by Gasteiger charge is 2.39. The van der Waals surface area contributed by atoms with E-state index in [0.29, 0.717) is 0 Å². The monoisotopic (exact) mass is 559 g/mol. The molecule has 0 N–H and O–H groups in total. The van der Waals surface area contributed by atoms with Gasteiger partial charge >= 0.3 is 30.3 Å². The summed E-state index contributed by atoms with van der Waals surface area (Å²) in [5.41, 5.74) is -7.28. The standard InChI is InChI=1S/C25H19F6NO7/c1-11(2)39-21(34)12-5-6-32-16(9-12)17(22(35)37-3)18(23(36)38-4)19(32)20(33)13-7-14(24(26,27)28)10-15(8-13)25(29,30)31/h5-11H,1-4H3. The van der Waals surface area contributed by atoms with Crippen LogP contribution < -0.4 is 0 Å². The number of alkyl halides is 6. The van der Waals surface area contributed by atoms with Crippen molar-refractivity contribution in [2.24, 2.45) is 0 Å². The summed E-state index contributed by atoms with van der Waals surface area (Å²) in [6.07, 6.45) is -10.0. The number of hydrogen-bond donors (Lipinski definition) is 0. The molecule has 0 bridgehead atoms. The highest BCUT2D eigenvalue weighted by Crippen LogP contribution is 2.37. The number of esters is 3. The molecule has 0 saturated heterocycles. The molecule has 0 spiro atoms. The lowest BCUT2D eigenvalue weighted by Gasteiger charge is -2.14. The Morgan fingerprint density at radius 3 is 1.72 bits per heavy atom. The summed E-state index contributed by atoms with van der Waals surface area (Å²) in [6, 6.07) is 2.37. The number of benzene rings is 1. The van der Waals surface area contributed by atoms with Crippen molar-refractivity contribution in [2.75, 3.05) is 14.2 Å². The van der Waals surface area contributed by atoms with Gasteiger partial charge in [0.25, 0.3) is 0 Å². The molecule has 2 aromatic heterocycles. The van der Waals surface area contributed by atoms with Crippen molar-refractivity contribution in [3.05, 3.63) is 75.6 Å². The van der Waals surface area contributed by atoms with Gasteiger partial charge in [0, 0.05) is 11.8 Å². The molecule has 14 heteroatoms. The van der Waals surface area contributed by atoms with Crippen molar-refractivity contribution in [2.45, 2.75) is 32.3 Å². The van der Waals surface area contributed by atoms with Gasteiger partial charge in [-0.1, -0.05) is 0 Å². The Labute approximate surface area is 216 Å². The third kappa shape index (κ3) is 5.73. The predicted octanol–water partition coefficient (Wildman–Crippen LogP) is 5.35. The lowest BCUT2D eigenvalue weighted by molar-refractivity contribution is -0.143. The van der Waals surface area contributed by atoms with Crippen LogP contribution in [0.15, 0.2) is 36.5 Å². The minimum absolute atomic E-state index is 0.146. The van der Waals surface area contributed by atoms with Crippen LogP contribution >= 0.6 is 0 Å². The van der Waals surface area contributed by atoms with E-state index in [0.717, 1.165) is 36.9 Å². The van der Waals surface area contributed by atoms with E-state index in [1.165, 1.54) is 0 Å². The van der Waals surface area contributed by atoms with Crippen molar-refractivity contribution < 1.29 is 59.7 Å². The topological polar surface area (TPSA) is 100 Å². The number of hydrogen-bond acceptors (Lipinski definition) is 7. The third-order valence-electron chi connectivity index (χ3n) is 5.36. The van der Waals surface area contributed by atoms with Crippen LogP contribution in [0.25, 0.3) is 5.52 Å². The molecule has 2 heterocycles. The molecular formula is C25H19F6NO7. The molecule has 0 aliphatic carbocycles. The zero-order chi connectivity index (χ0) is 29.4. The lowest BCUT2D eigenvalue weighted by Crippen LogP contribution is -2.17. The minimum atomic E-state index is -5.26. The smallest absolute Gasteiger partial charge is 0.416 e. The van der Waals surface area contributed by atoms with Crippen LogP contribution in [0.4, 0.5) is 26.3 Å². The molecule has 39 heavy (non-hydrogen) atoms. The molecule has 8 nitrogen and oxygen atoms in total. The zero-order valence-electron chi connectivity index (χ0n) is 20.6. The van der Waals surface area contributed by atoms with Crippen LogP contribution in [-0.2, 0) is 26.6 Å². The molecule has 0 radical (unpaired) electrons. The van der Waals surface area contributed by atoms with Gasteiger partial charge in [-0.15, -0.1) is 0 Å². The highest BCUT2D eigenvalue weighted by atomic mass is 19.4. The summed E-state index contributed by atoms with van der Waals surface area (Å²) in [5.74, 6) is -4.86. The maximum Gasteiger partial charge on any atom is 0.416 e. The van der Waals surface area contributed by atoms with Gasteiger partial charge in [-0.05, 0) is 44.2 Å². The van der Waals surface area contributed by atoms with Crippen molar-refractivity contribution >= 4 is 29.2 Å². The van der Waals surface area contributed by atoms with Crippen LogP contribution in [0.1, 0.15) is 72.1 Å². The summed E-state index contributed by atoms with van der Waals surface area (Å²) >= 11 is 0. The number of nitrogens with zero attached hydrogens (tertiary/aromatic N) is 1. The number of pyridine rings is 1. The van der Waals surface area contributed by atoms with Gasteiger partial charge in [-0.3, -0.25) is 4.79 Å². The highest BCUT2D eigenvalue weighted by molar-refractivity contribution is 6.20. The van der Waals surface area contributed by atoms with Gasteiger partial charge in [0.15, 0.2) is 0 Å². The second-order valence-electron chi connectivity index (χ2n) is 8.33. The fourth-order valence-electron chi connectivity index (χ4n) is 3.72. The summed E-state index contributed by atoms with van der Waals surface area (Å²) in [6.45, 7) is 3.12. The molecule has 3 aromatic rings. The molecule has 0 fully saturated rings. The van der Waals surface area contributed by atoms with Gasteiger partial charge in [-0.25, -0.2) is 14.4 Å². The molecule has 3 rings (SSSR count). The van der Waals surface area contributed by atoms with Crippen LogP contribution in [0.3, 0.4) is 0 Å². The molecule has 0 unspecified atom stereocenters. The molecule has 1 aromatic carbocycles. The Kier molecular flexibility index (Phi) is 7.80. The van der Waals surface area contributed by atoms with Crippen LogP contribution in [0.2, 0.25) is 0 Å². The van der Waals surface area contributed by atoms with E-state index in [9.17, 15) is 45.5 Å². The second kappa shape index (κ2) is 10.4. The van der Waals surface area contributed by atoms with Gasteiger partial charge in [-0.2, -0.15) is 26.3 Å². The summed E-state index contributed by atoms with van der Waals surface area (Å²) in [7, 11) is 1.80. The number of fused-ring (bicyclic) bond motifs is 1. The summed E-state index contributed by atoms with van der Waals surface area (Å²) in [5, 5.41) is 0. The third-order valence-corrected chi connectivity index (χ3v) is 5.36. The fraction of sp³-hybridized carbons (Fsp3) is 0.280. The number of aromatic nitrogens is 1. The van der Waals surface area contributed by atoms with Crippen molar-refractivity contribution in [3.8, 4) is 0 Å². The average Bonchev–Trinajstić information content (AvgIpc) is 3.19. The van der Waals surface area contributed by atoms with E-state index in [-0.39, 0.29) is 29.3 Å². The molecule has 0 aliphatic heterocycles. The number of ketones is 1. The van der Waals surface area contributed by atoms with Crippen molar-refractivity contribution in [1.82, 2.24) is 4.40 Å². The Hall–Kier alpha value is -4.36. The largest absolute Gasteiger partial charge is 0.465 e. The van der Waals surface area contributed by atoms with E-state index >= 15 is 0 Å². The quantitative estimate of drug-likeness (QED) is 0.174. The molecular weight excluding hydrogens is 540 g/mol. The number of methoxy groups -OCH3 is 2. The van der Waals surface area contributed by atoms with Gasteiger partial charge in [0.2, 0.25) is 5.78 Å². The second-order valence-corrected chi connectivity index (χ2v) is 8.33. The SMILES string of the molecule is COC(=O)c1c(C(=O)OC)c2cc(C(=O)OC(C)C)ccn2c1C(=O)c1cc(C(F)(F)F)cc(C(F)(F)F)c1. The number of ether oxygens (including phenoxy) is 3. The minimum Gasteiger partial charge on any atom is -0.465 e. The van der Waals surface area contributed by atoms with Crippen molar-refractivity contribution in [1.29, 1.82) is 0 Å². The van der Waals surface area contributed by atoms with E-state index in [1.54, 1.807) is 13.8 Å². The number of halogens is 6. The molecule has 208 valence electrons. The Bertz CT molecular complexity index is 1450.